The van der Waals surface area contributed by atoms with Crippen molar-refractivity contribution in [2.75, 3.05) is 5.32 Å². The predicted octanol–water partition coefficient (Wildman–Crippen LogP) is 3.67. The van der Waals surface area contributed by atoms with Crippen molar-refractivity contribution in [1.29, 1.82) is 0 Å². The number of aryl methyl sites for hydroxylation is 1. The minimum absolute atomic E-state index is 0.000926. The van der Waals surface area contributed by atoms with E-state index in [4.69, 9.17) is 0 Å². The third-order valence-electron chi connectivity index (χ3n) is 6.44. The normalized spacial score (nSPS) is 17.4. The highest BCUT2D eigenvalue weighted by Gasteiger charge is 2.31. The third-order valence-corrected chi connectivity index (χ3v) is 7.61. The lowest BCUT2D eigenvalue weighted by molar-refractivity contribution is -0.124. The van der Waals surface area contributed by atoms with E-state index < -0.39 is 6.04 Å². The lowest BCUT2D eigenvalue weighted by Gasteiger charge is -2.20. The summed E-state index contributed by atoms with van der Waals surface area (Å²) in [5.74, 6) is 0.204. The summed E-state index contributed by atoms with van der Waals surface area (Å²) in [4.78, 5) is 33.4. The molecule has 0 saturated carbocycles. The predicted molar refractivity (Wildman–Crippen MR) is 130 cm³/mol. The molecule has 2 atom stereocenters. The molecule has 0 fully saturated rings. The zero-order valence-corrected chi connectivity index (χ0v) is 19.6. The second-order valence-corrected chi connectivity index (χ2v) is 9.93. The van der Waals surface area contributed by atoms with Crippen molar-refractivity contribution >= 4 is 23.1 Å². The van der Waals surface area contributed by atoms with Gasteiger partial charge in [-0.2, -0.15) is 0 Å². The number of nitrogens with zero attached hydrogens (tertiary/aromatic N) is 2. The first-order valence-electron chi connectivity index (χ1n) is 11.6. The Bertz CT molecular complexity index is 1180. The van der Waals surface area contributed by atoms with E-state index in [1.165, 1.54) is 10.4 Å². The number of amides is 1. The van der Waals surface area contributed by atoms with E-state index in [-0.39, 0.29) is 17.5 Å². The average Bonchev–Trinajstić information content (AvgIpc) is 3.54. The molecule has 3 aromatic rings. The highest BCUT2D eigenvalue weighted by Crippen LogP contribution is 2.28. The van der Waals surface area contributed by atoms with Crippen LogP contribution >= 0.6 is 11.3 Å². The summed E-state index contributed by atoms with van der Waals surface area (Å²) >= 11 is 1.74. The molecule has 2 aliphatic heterocycles. The maximum Gasteiger partial charge on any atom is 0.294 e. The SMILES string of the molecule is CCC[C@@H](Nc1ncc2n(c1=O)C(C(=O)NCc1cc3c(s1)CNC3)CC2)c1ccccc1. The molecule has 172 valence electrons. The Balaban J connectivity index is 1.32. The lowest BCUT2D eigenvalue weighted by atomic mass is 10.0. The van der Waals surface area contributed by atoms with Gasteiger partial charge in [0.05, 0.1) is 12.6 Å². The molecule has 8 heteroatoms. The maximum absolute atomic E-state index is 13.4. The van der Waals surface area contributed by atoms with Crippen LogP contribution in [0.15, 0.2) is 47.4 Å². The van der Waals surface area contributed by atoms with Crippen LogP contribution < -0.4 is 21.5 Å². The molecule has 1 unspecified atom stereocenters. The summed E-state index contributed by atoms with van der Waals surface area (Å²) in [6.07, 6.45) is 4.90. The van der Waals surface area contributed by atoms with Gasteiger partial charge in [0.25, 0.3) is 5.56 Å². The van der Waals surface area contributed by atoms with E-state index in [0.717, 1.165) is 42.1 Å². The van der Waals surface area contributed by atoms with Crippen LogP contribution in [0.5, 0.6) is 0 Å². The Morgan fingerprint density at radius 3 is 2.94 bits per heavy atom. The number of carbonyl (C=O) groups is 1. The number of hydrogen-bond acceptors (Lipinski definition) is 6. The molecule has 0 radical (unpaired) electrons. The Labute approximate surface area is 197 Å². The molecular formula is C25H29N5O2S. The summed E-state index contributed by atoms with van der Waals surface area (Å²) in [7, 11) is 0. The topological polar surface area (TPSA) is 88.0 Å². The van der Waals surface area contributed by atoms with Crippen LogP contribution in [0.25, 0.3) is 0 Å². The third kappa shape index (κ3) is 4.45. The molecule has 1 amide bonds. The zero-order chi connectivity index (χ0) is 22.8. The number of benzene rings is 1. The van der Waals surface area contributed by atoms with Crippen LogP contribution in [0.4, 0.5) is 5.82 Å². The van der Waals surface area contributed by atoms with Gasteiger partial charge in [-0.25, -0.2) is 4.98 Å². The molecule has 5 rings (SSSR count). The monoisotopic (exact) mass is 463 g/mol. The highest BCUT2D eigenvalue weighted by atomic mass is 32.1. The van der Waals surface area contributed by atoms with Gasteiger partial charge in [-0.1, -0.05) is 43.7 Å². The molecule has 0 aliphatic carbocycles. The highest BCUT2D eigenvalue weighted by molar-refractivity contribution is 7.12. The maximum atomic E-state index is 13.4. The smallest absolute Gasteiger partial charge is 0.294 e. The van der Waals surface area contributed by atoms with Crippen molar-refractivity contribution in [3.63, 3.8) is 0 Å². The van der Waals surface area contributed by atoms with Crippen LogP contribution in [0.1, 0.15) is 64.8 Å². The van der Waals surface area contributed by atoms with Crippen LogP contribution in [0.3, 0.4) is 0 Å². The minimum atomic E-state index is -0.495. The fourth-order valence-electron chi connectivity index (χ4n) is 4.77. The van der Waals surface area contributed by atoms with E-state index in [9.17, 15) is 9.59 Å². The van der Waals surface area contributed by atoms with Crippen LogP contribution in [0.2, 0.25) is 0 Å². The van der Waals surface area contributed by atoms with Gasteiger partial charge in [0.2, 0.25) is 5.91 Å². The Morgan fingerprint density at radius 2 is 2.15 bits per heavy atom. The summed E-state index contributed by atoms with van der Waals surface area (Å²) in [5.41, 5.74) is 3.05. The Hall–Kier alpha value is -2.97. The Kier molecular flexibility index (Phi) is 6.28. The molecule has 0 bridgehead atoms. The lowest BCUT2D eigenvalue weighted by Crippen LogP contribution is -2.36. The summed E-state index contributed by atoms with van der Waals surface area (Å²) < 4.78 is 1.64. The largest absolute Gasteiger partial charge is 0.359 e. The second-order valence-electron chi connectivity index (χ2n) is 8.71. The van der Waals surface area contributed by atoms with Gasteiger partial charge in [0, 0.05) is 34.7 Å². The number of fused-ring (bicyclic) bond motifs is 2. The molecule has 4 heterocycles. The standard InChI is InChI=1S/C25H29N5O2S/c1-2-6-20(16-7-4-3-5-8-16)29-23-25(32)30-18(13-27-23)9-10-21(30)24(31)28-14-19-11-17-12-26-15-22(17)33-19/h3-5,7-8,11,13,20-21,26H,2,6,9-10,12,14-15H2,1H3,(H,27,29)(H,28,31)/t20-,21?/m1/s1. The van der Waals surface area contributed by atoms with E-state index in [0.29, 0.717) is 25.2 Å². The first-order valence-corrected chi connectivity index (χ1v) is 12.5. The average molecular weight is 464 g/mol. The van der Waals surface area contributed by atoms with E-state index >= 15 is 0 Å². The quantitative estimate of drug-likeness (QED) is 0.475. The first kappa shape index (κ1) is 21.9. The molecule has 2 aromatic heterocycles. The van der Waals surface area contributed by atoms with E-state index in [1.807, 2.05) is 18.2 Å². The fraction of sp³-hybridized carbons (Fsp3) is 0.400. The van der Waals surface area contributed by atoms with Crippen LogP contribution in [0, 0.1) is 0 Å². The molecule has 0 saturated heterocycles. The molecule has 1 aromatic carbocycles. The van der Waals surface area contributed by atoms with Crippen LogP contribution in [-0.2, 0) is 30.8 Å². The van der Waals surface area contributed by atoms with Gasteiger partial charge in [-0.15, -0.1) is 11.3 Å². The van der Waals surface area contributed by atoms with Gasteiger partial charge < -0.3 is 16.0 Å². The summed E-state index contributed by atoms with van der Waals surface area (Å²) in [6.45, 7) is 4.43. The van der Waals surface area contributed by atoms with Crippen molar-refractivity contribution in [2.24, 2.45) is 0 Å². The van der Waals surface area contributed by atoms with E-state index in [2.05, 4.69) is 46.1 Å². The van der Waals surface area contributed by atoms with Crippen molar-refractivity contribution < 1.29 is 4.79 Å². The number of hydrogen-bond donors (Lipinski definition) is 3. The number of anilines is 1. The van der Waals surface area contributed by atoms with Crippen molar-refractivity contribution in [3.05, 3.63) is 79.5 Å². The van der Waals surface area contributed by atoms with Gasteiger partial charge in [0.1, 0.15) is 6.04 Å². The zero-order valence-electron chi connectivity index (χ0n) is 18.8. The van der Waals surface area contributed by atoms with Gasteiger partial charge >= 0.3 is 0 Å². The molecule has 0 spiro atoms. The summed E-state index contributed by atoms with van der Waals surface area (Å²) in [6, 6.07) is 11.8. The van der Waals surface area contributed by atoms with Crippen molar-refractivity contribution in [3.8, 4) is 0 Å². The molecule has 33 heavy (non-hydrogen) atoms. The Morgan fingerprint density at radius 1 is 1.30 bits per heavy atom. The first-order chi connectivity index (χ1) is 16.1. The number of nitrogens with one attached hydrogen (secondary N) is 3. The van der Waals surface area contributed by atoms with E-state index in [1.54, 1.807) is 22.1 Å². The second kappa shape index (κ2) is 9.49. The van der Waals surface area contributed by atoms with Crippen molar-refractivity contribution in [2.45, 2.75) is 64.3 Å². The molecule has 3 N–H and O–H groups in total. The van der Waals surface area contributed by atoms with Gasteiger partial charge in [-0.3, -0.25) is 14.2 Å². The number of thiophene rings is 1. The summed E-state index contributed by atoms with van der Waals surface area (Å²) in [5, 5.41) is 9.74. The van der Waals surface area contributed by atoms with Gasteiger partial charge in [-0.05, 0) is 36.5 Å². The number of rotatable bonds is 8. The molecule has 2 aliphatic rings. The molecular weight excluding hydrogens is 434 g/mol. The molecule has 7 nitrogen and oxygen atoms in total. The van der Waals surface area contributed by atoms with Crippen molar-refractivity contribution in [1.82, 2.24) is 20.2 Å². The van der Waals surface area contributed by atoms with Gasteiger partial charge in [0.15, 0.2) is 5.82 Å². The number of carbonyl (C=O) groups excluding carboxylic acids is 1. The number of aromatic nitrogens is 2. The fourth-order valence-corrected chi connectivity index (χ4v) is 5.87. The minimum Gasteiger partial charge on any atom is -0.359 e. The van der Waals surface area contributed by atoms with Crippen LogP contribution in [-0.4, -0.2) is 15.5 Å².